The van der Waals surface area contributed by atoms with E-state index in [-0.39, 0.29) is 25.1 Å². The lowest BCUT2D eigenvalue weighted by Gasteiger charge is -2.17. The Morgan fingerprint density at radius 1 is 1.50 bits per heavy atom. The Balaban J connectivity index is 0.00000242. The summed E-state index contributed by atoms with van der Waals surface area (Å²) in [6, 6.07) is 6.49. The number of carbonyl (C=O) groups is 1. The Morgan fingerprint density at radius 2 is 2.14 bits per heavy atom. The lowest BCUT2D eigenvalue weighted by Crippen LogP contribution is -2.43. The van der Waals surface area contributed by atoms with Gasteiger partial charge in [0.25, 0.3) is 5.92 Å². The molecule has 1 aromatic carbocycles. The fraction of sp³-hybridized carbons (Fsp3) is 0.500. The summed E-state index contributed by atoms with van der Waals surface area (Å²) < 4.78 is 32.6. The fourth-order valence-electron chi connectivity index (χ4n) is 2.06. The minimum atomic E-state index is -2.80. The fourth-order valence-corrected chi connectivity index (χ4v) is 2.32. The van der Waals surface area contributed by atoms with E-state index >= 15 is 0 Å². The average molecular weight is 400 g/mol. The molecule has 22 heavy (non-hydrogen) atoms. The summed E-state index contributed by atoms with van der Waals surface area (Å²) in [7, 11) is 0. The molecule has 0 saturated carbocycles. The smallest absolute Gasteiger partial charge is 0.262 e. The van der Waals surface area contributed by atoms with Gasteiger partial charge in [-0.05, 0) is 31.2 Å². The van der Waals surface area contributed by atoms with Gasteiger partial charge in [-0.3, -0.25) is 10.1 Å². The Hall–Kier alpha value is -0.920. The quantitative estimate of drug-likeness (QED) is 0.800. The maximum atomic E-state index is 13.0. The maximum absolute atomic E-state index is 13.0. The van der Waals surface area contributed by atoms with Crippen molar-refractivity contribution in [1.29, 1.82) is 0 Å². The van der Waals surface area contributed by atoms with Crippen LogP contribution in [0.4, 0.5) is 8.78 Å². The molecule has 0 radical (unpaired) electrons. The highest BCUT2D eigenvalue weighted by Gasteiger charge is 2.42. The zero-order chi connectivity index (χ0) is 15.5. The van der Waals surface area contributed by atoms with E-state index in [2.05, 4.69) is 26.6 Å². The van der Waals surface area contributed by atoms with Gasteiger partial charge in [0.2, 0.25) is 5.91 Å². The van der Waals surface area contributed by atoms with Crippen LogP contribution in [0.2, 0.25) is 0 Å². The Morgan fingerprint density at radius 3 is 2.68 bits per heavy atom. The molecular weight excluding hydrogens is 382 g/mol. The summed E-state index contributed by atoms with van der Waals surface area (Å²) in [5.41, 5.74) is 0. The molecule has 4 nitrogen and oxygen atoms in total. The second kappa shape index (κ2) is 8.08. The first-order valence-corrected chi connectivity index (χ1v) is 7.46. The predicted molar refractivity (Wildman–Crippen MR) is 85.8 cm³/mol. The summed E-state index contributed by atoms with van der Waals surface area (Å²) in [5.74, 6) is -2.54. The van der Waals surface area contributed by atoms with Crippen molar-refractivity contribution in [3.8, 4) is 5.75 Å². The summed E-state index contributed by atoms with van der Waals surface area (Å²) in [5, 5.41) is 5.14. The molecule has 2 atom stereocenters. The summed E-state index contributed by atoms with van der Waals surface area (Å²) >= 11 is 3.33. The van der Waals surface area contributed by atoms with Gasteiger partial charge in [-0.2, -0.15) is 0 Å². The summed E-state index contributed by atoms with van der Waals surface area (Å²) in [4.78, 5) is 11.8. The Kier molecular flexibility index (Phi) is 7.02. The van der Waals surface area contributed by atoms with Crippen LogP contribution in [0, 0.1) is 0 Å². The van der Waals surface area contributed by atoms with Gasteiger partial charge in [0.05, 0.1) is 19.1 Å². The van der Waals surface area contributed by atoms with Gasteiger partial charge in [0, 0.05) is 10.9 Å². The highest BCUT2D eigenvalue weighted by molar-refractivity contribution is 9.10. The highest BCUT2D eigenvalue weighted by Crippen LogP contribution is 2.25. The zero-order valence-corrected chi connectivity index (χ0v) is 14.3. The van der Waals surface area contributed by atoms with Gasteiger partial charge >= 0.3 is 0 Å². The van der Waals surface area contributed by atoms with E-state index in [0.29, 0.717) is 5.75 Å². The van der Waals surface area contributed by atoms with Crippen molar-refractivity contribution in [2.24, 2.45) is 0 Å². The number of ether oxygens (including phenoxy) is 1. The third-order valence-corrected chi connectivity index (χ3v) is 3.67. The van der Waals surface area contributed by atoms with Crippen LogP contribution < -0.4 is 15.4 Å². The van der Waals surface area contributed by atoms with Gasteiger partial charge in [-0.25, -0.2) is 8.78 Å². The van der Waals surface area contributed by atoms with Crippen LogP contribution in [0.5, 0.6) is 5.75 Å². The maximum Gasteiger partial charge on any atom is 0.262 e. The van der Waals surface area contributed by atoms with E-state index < -0.39 is 30.8 Å². The van der Waals surface area contributed by atoms with Crippen LogP contribution in [-0.2, 0) is 4.79 Å². The first-order valence-electron chi connectivity index (χ1n) is 6.67. The monoisotopic (exact) mass is 398 g/mol. The molecule has 8 heteroatoms. The van der Waals surface area contributed by atoms with Crippen molar-refractivity contribution >= 4 is 34.2 Å². The van der Waals surface area contributed by atoms with Crippen molar-refractivity contribution < 1.29 is 18.3 Å². The SMILES string of the molecule is CC(CNC(=O)C1CC(F)(F)CN1)Oc1ccc(Br)cc1.Cl. The minimum Gasteiger partial charge on any atom is -0.489 e. The van der Waals surface area contributed by atoms with Gasteiger partial charge < -0.3 is 10.1 Å². The van der Waals surface area contributed by atoms with Crippen molar-refractivity contribution in [1.82, 2.24) is 10.6 Å². The largest absolute Gasteiger partial charge is 0.489 e. The number of halogens is 4. The highest BCUT2D eigenvalue weighted by atomic mass is 79.9. The molecule has 1 aromatic rings. The number of alkyl halides is 2. The van der Waals surface area contributed by atoms with Gasteiger partial charge in [-0.15, -0.1) is 12.4 Å². The Bertz CT molecular complexity index is 502. The van der Waals surface area contributed by atoms with Crippen LogP contribution in [-0.4, -0.2) is 37.1 Å². The predicted octanol–water partition coefficient (Wildman–Crippen LogP) is 2.75. The van der Waals surface area contributed by atoms with Gasteiger partial charge in [0.15, 0.2) is 0 Å². The molecule has 0 aliphatic carbocycles. The standard InChI is InChI=1S/C14H17BrF2N2O2.ClH/c1-9(21-11-4-2-10(15)3-5-11)7-18-13(20)12-6-14(16,17)8-19-12;/h2-5,9,12,19H,6-8H2,1H3,(H,18,20);1H. The van der Waals surface area contributed by atoms with Crippen LogP contribution in [0.15, 0.2) is 28.7 Å². The minimum absolute atomic E-state index is 0. The summed E-state index contributed by atoms with van der Waals surface area (Å²) in [6.45, 7) is 1.62. The number of hydrogen-bond acceptors (Lipinski definition) is 3. The molecule has 2 rings (SSSR count). The van der Waals surface area contributed by atoms with Crippen molar-refractivity contribution in [2.75, 3.05) is 13.1 Å². The van der Waals surface area contributed by atoms with Crippen molar-refractivity contribution in [2.45, 2.75) is 31.4 Å². The zero-order valence-electron chi connectivity index (χ0n) is 11.9. The molecule has 1 aliphatic rings. The van der Waals surface area contributed by atoms with Crippen LogP contribution in [0.3, 0.4) is 0 Å². The van der Waals surface area contributed by atoms with Crippen LogP contribution in [0.1, 0.15) is 13.3 Å². The molecule has 0 bridgehead atoms. The first-order chi connectivity index (χ1) is 9.85. The van der Waals surface area contributed by atoms with Crippen LogP contribution >= 0.6 is 28.3 Å². The average Bonchev–Trinajstić information content (AvgIpc) is 2.79. The van der Waals surface area contributed by atoms with E-state index in [1.165, 1.54) is 0 Å². The van der Waals surface area contributed by atoms with E-state index in [1.54, 1.807) is 6.92 Å². The lowest BCUT2D eigenvalue weighted by atomic mass is 10.2. The molecule has 1 aliphatic heterocycles. The number of hydrogen-bond donors (Lipinski definition) is 2. The third kappa shape index (κ3) is 5.70. The molecule has 0 spiro atoms. The summed E-state index contributed by atoms with van der Waals surface area (Å²) in [6.07, 6.45) is -0.710. The molecule has 1 saturated heterocycles. The molecule has 1 heterocycles. The third-order valence-electron chi connectivity index (χ3n) is 3.14. The second-order valence-corrected chi connectivity index (χ2v) is 6.04. The molecule has 1 amide bonds. The number of amides is 1. The topological polar surface area (TPSA) is 50.4 Å². The van der Waals surface area contributed by atoms with Crippen molar-refractivity contribution in [3.63, 3.8) is 0 Å². The lowest BCUT2D eigenvalue weighted by molar-refractivity contribution is -0.123. The number of benzene rings is 1. The van der Waals surface area contributed by atoms with Gasteiger partial charge in [-0.1, -0.05) is 15.9 Å². The van der Waals surface area contributed by atoms with Crippen LogP contribution in [0.25, 0.3) is 0 Å². The number of nitrogens with one attached hydrogen (secondary N) is 2. The molecule has 0 aromatic heterocycles. The molecule has 124 valence electrons. The molecule has 2 N–H and O–H groups in total. The normalized spacial score (nSPS) is 20.8. The van der Waals surface area contributed by atoms with E-state index in [4.69, 9.17) is 4.74 Å². The number of rotatable bonds is 5. The Labute approximate surface area is 142 Å². The molecule has 1 fully saturated rings. The van der Waals surface area contributed by atoms with E-state index in [9.17, 15) is 13.6 Å². The van der Waals surface area contributed by atoms with Crippen molar-refractivity contribution in [3.05, 3.63) is 28.7 Å². The molecular formula is C14H18BrClF2N2O2. The van der Waals surface area contributed by atoms with Gasteiger partial charge in [0.1, 0.15) is 11.9 Å². The van der Waals surface area contributed by atoms with E-state index in [1.807, 2.05) is 24.3 Å². The second-order valence-electron chi connectivity index (χ2n) is 5.12. The van der Waals surface area contributed by atoms with E-state index in [0.717, 1.165) is 4.47 Å². The molecule has 2 unspecified atom stereocenters. The first kappa shape index (κ1) is 19.1. The number of carbonyl (C=O) groups excluding carboxylic acids is 1.